The molecule has 2 heterocycles. The quantitative estimate of drug-likeness (QED) is 0.463. The standard InChI is InChI=1S/C6H10N4/c7-10-4-9-5-1-2-8-3-6(5)10/h4,8H,1-3,7H2. The molecule has 0 amide bonds. The third kappa shape index (κ3) is 0.690. The van der Waals surface area contributed by atoms with Crippen LogP contribution in [0.3, 0.4) is 0 Å². The maximum absolute atomic E-state index is 5.58. The lowest BCUT2D eigenvalue weighted by Gasteiger charge is -2.12. The van der Waals surface area contributed by atoms with Crippen molar-refractivity contribution in [2.45, 2.75) is 13.0 Å². The Bertz CT molecular complexity index is 240. The van der Waals surface area contributed by atoms with Crippen LogP contribution in [0.2, 0.25) is 0 Å². The summed E-state index contributed by atoms with van der Waals surface area (Å²) >= 11 is 0. The normalized spacial score (nSPS) is 16.8. The first-order valence-electron chi connectivity index (χ1n) is 3.39. The molecule has 4 heteroatoms. The molecule has 0 spiro atoms. The summed E-state index contributed by atoms with van der Waals surface area (Å²) in [4.78, 5) is 4.15. The highest BCUT2D eigenvalue weighted by Crippen LogP contribution is 2.08. The number of nitrogen functional groups attached to an aromatic ring is 1. The molecule has 0 aromatic carbocycles. The summed E-state index contributed by atoms with van der Waals surface area (Å²) in [5.74, 6) is 5.58. The number of aromatic nitrogens is 2. The largest absolute Gasteiger partial charge is 0.338 e. The van der Waals surface area contributed by atoms with Gasteiger partial charge in [-0.05, 0) is 0 Å². The van der Waals surface area contributed by atoms with Crippen molar-refractivity contribution in [1.29, 1.82) is 0 Å². The zero-order chi connectivity index (χ0) is 6.97. The van der Waals surface area contributed by atoms with Crippen LogP contribution in [0.4, 0.5) is 0 Å². The van der Waals surface area contributed by atoms with Gasteiger partial charge in [0.15, 0.2) is 0 Å². The zero-order valence-electron chi connectivity index (χ0n) is 5.67. The highest BCUT2D eigenvalue weighted by molar-refractivity contribution is 5.15. The smallest absolute Gasteiger partial charge is 0.114 e. The first kappa shape index (κ1) is 5.73. The molecule has 10 heavy (non-hydrogen) atoms. The molecule has 0 saturated heterocycles. The maximum Gasteiger partial charge on any atom is 0.114 e. The van der Waals surface area contributed by atoms with Crippen LogP contribution in [-0.4, -0.2) is 16.2 Å². The molecule has 0 fully saturated rings. The molecule has 4 nitrogen and oxygen atoms in total. The van der Waals surface area contributed by atoms with Crippen molar-refractivity contribution < 1.29 is 0 Å². The van der Waals surface area contributed by atoms with Crippen LogP contribution in [0.15, 0.2) is 6.33 Å². The fraction of sp³-hybridized carbons (Fsp3) is 0.500. The zero-order valence-corrected chi connectivity index (χ0v) is 5.67. The van der Waals surface area contributed by atoms with Crippen molar-refractivity contribution in [1.82, 2.24) is 15.0 Å². The van der Waals surface area contributed by atoms with Gasteiger partial charge < -0.3 is 11.2 Å². The molecule has 0 saturated carbocycles. The van der Waals surface area contributed by atoms with Crippen molar-refractivity contribution in [3.05, 3.63) is 17.7 Å². The van der Waals surface area contributed by atoms with E-state index in [0.29, 0.717) is 0 Å². The van der Waals surface area contributed by atoms with Crippen molar-refractivity contribution in [3.8, 4) is 0 Å². The van der Waals surface area contributed by atoms with E-state index < -0.39 is 0 Å². The summed E-state index contributed by atoms with van der Waals surface area (Å²) in [5.41, 5.74) is 2.26. The number of nitrogens with two attached hydrogens (primary N) is 1. The minimum atomic E-state index is 0.853. The van der Waals surface area contributed by atoms with Crippen molar-refractivity contribution in [3.63, 3.8) is 0 Å². The third-order valence-electron chi connectivity index (χ3n) is 1.81. The molecule has 1 aromatic rings. The van der Waals surface area contributed by atoms with Crippen LogP contribution in [0.1, 0.15) is 11.4 Å². The molecule has 0 unspecified atom stereocenters. The number of nitrogens with one attached hydrogen (secondary N) is 1. The maximum atomic E-state index is 5.58. The van der Waals surface area contributed by atoms with Crippen LogP contribution in [-0.2, 0) is 13.0 Å². The van der Waals surface area contributed by atoms with E-state index >= 15 is 0 Å². The van der Waals surface area contributed by atoms with Crippen LogP contribution in [0, 0.1) is 0 Å². The Labute approximate surface area is 59.0 Å². The molecule has 54 valence electrons. The number of rotatable bonds is 0. The second-order valence-corrected chi connectivity index (χ2v) is 2.47. The van der Waals surface area contributed by atoms with Crippen molar-refractivity contribution in [2.75, 3.05) is 12.4 Å². The van der Waals surface area contributed by atoms with Gasteiger partial charge in [-0.1, -0.05) is 0 Å². The topological polar surface area (TPSA) is 55.9 Å². The SMILES string of the molecule is Nn1cnc2c1CNCC2. The predicted molar refractivity (Wildman–Crippen MR) is 37.8 cm³/mol. The minimum Gasteiger partial charge on any atom is -0.338 e. The summed E-state index contributed by atoms with van der Waals surface area (Å²) in [7, 11) is 0. The van der Waals surface area contributed by atoms with E-state index in [1.807, 2.05) is 0 Å². The van der Waals surface area contributed by atoms with E-state index in [-0.39, 0.29) is 0 Å². The van der Waals surface area contributed by atoms with Gasteiger partial charge in [-0.15, -0.1) is 0 Å². The molecule has 0 aliphatic carbocycles. The predicted octanol–water partition coefficient (Wildman–Crippen LogP) is -0.757. The lowest BCUT2D eigenvalue weighted by Crippen LogP contribution is -2.27. The molecule has 1 aromatic heterocycles. The molecule has 2 rings (SSSR count). The highest BCUT2D eigenvalue weighted by Gasteiger charge is 2.12. The van der Waals surface area contributed by atoms with Gasteiger partial charge in [0.2, 0.25) is 0 Å². The fourth-order valence-electron chi connectivity index (χ4n) is 1.24. The van der Waals surface area contributed by atoms with Gasteiger partial charge in [0.05, 0.1) is 11.4 Å². The van der Waals surface area contributed by atoms with E-state index in [2.05, 4.69) is 10.3 Å². The molecule has 0 bridgehead atoms. The lowest BCUT2D eigenvalue weighted by atomic mass is 10.2. The van der Waals surface area contributed by atoms with Crippen molar-refractivity contribution in [2.24, 2.45) is 0 Å². The van der Waals surface area contributed by atoms with E-state index in [4.69, 9.17) is 5.84 Å². The number of hydrogen-bond donors (Lipinski definition) is 2. The highest BCUT2D eigenvalue weighted by atomic mass is 15.3. The van der Waals surface area contributed by atoms with Crippen LogP contribution in [0.5, 0.6) is 0 Å². The van der Waals surface area contributed by atoms with E-state index in [1.165, 1.54) is 0 Å². The Morgan fingerprint density at radius 3 is 3.40 bits per heavy atom. The lowest BCUT2D eigenvalue weighted by molar-refractivity contribution is 0.613. The summed E-state index contributed by atoms with van der Waals surface area (Å²) in [6, 6.07) is 0. The number of fused-ring (bicyclic) bond motifs is 1. The Kier molecular flexibility index (Phi) is 1.14. The molecule has 0 radical (unpaired) electrons. The number of nitrogens with zero attached hydrogens (tertiary/aromatic N) is 2. The second kappa shape index (κ2) is 1.98. The molecular weight excluding hydrogens is 128 g/mol. The van der Waals surface area contributed by atoms with Crippen LogP contribution in [0.25, 0.3) is 0 Å². The minimum absolute atomic E-state index is 0.853. The molecule has 1 aliphatic heterocycles. The van der Waals surface area contributed by atoms with E-state index in [9.17, 15) is 0 Å². The summed E-state index contributed by atoms with van der Waals surface area (Å²) in [5, 5.41) is 3.23. The number of hydrogen-bond acceptors (Lipinski definition) is 3. The second-order valence-electron chi connectivity index (χ2n) is 2.47. The van der Waals surface area contributed by atoms with Crippen molar-refractivity contribution >= 4 is 0 Å². The van der Waals surface area contributed by atoms with Gasteiger partial charge in [0, 0.05) is 19.5 Å². The van der Waals surface area contributed by atoms with Gasteiger partial charge in [0.1, 0.15) is 6.33 Å². The van der Waals surface area contributed by atoms with Gasteiger partial charge in [-0.25, -0.2) is 4.98 Å². The number of imidazole rings is 1. The van der Waals surface area contributed by atoms with Crippen LogP contribution < -0.4 is 11.2 Å². The first-order chi connectivity index (χ1) is 4.88. The Morgan fingerprint density at radius 1 is 1.70 bits per heavy atom. The average molecular weight is 138 g/mol. The third-order valence-corrected chi connectivity index (χ3v) is 1.81. The molecular formula is C6H10N4. The van der Waals surface area contributed by atoms with Gasteiger partial charge in [-0.2, -0.15) is 0 Å². The average Bonchev–Trinajstić information content (AvgIpc) is 2.34. The fourth-order valence-corrected chi connectivity index (χ4v) is 1.24. The molecule has 3 N–H and O–H groups in total. The monoisotopic (exact) mass is 138 g/mol. The Balaban J connectivity index is 2.45. The van der Waals surface area contributed by atoms with E-state index in [0.717, 1.165) is 30.9 Å². The Hall–Kier alpha value is -1.03. The van der Waals surface area contributed by atoms with Gasteiger partial charge in [-0.3, -0.25) is 4.68 Å². The van der Waals surface area contributed by atoms with Gasteiger partial charge in [0.25, 0.3) is 0 Å². The van der Waals surface area contributed by atoms with Gasteiger partial charge >= 0.3 is 0 Å². The summed E-state index contributed by atoms with van der Waals surface area (Å²) in [6.07, 6.45) is 2.66. The first-order valence-corrected chi connectivity index (χ1v) is 3.39. The Morgan fingerprint density at radius 2 is 2.60 bits per heavy atom. The summed E-state index contributed by atoms with van der Waals surface area (Å²) in [6.45, 7) is 1.87. The molecule has 0 atom stereocenters. The summed E-state index contributed by atoms with van der Waals surface area (Å²) < 4.78 is 1.58. The van der Waals surface area contributed by atoms with E-state index in [1.54, 1.807) is 11.0 Å². The van der Waals surface area contributed by atoms with Crippen LogP contribution >= 0.6 is 0 Å². The molecule has 1 aliphatic rings.